The fraction of sp³-hybridized carbons (Fsp3) is 0.263. The number of ether oxygens (including phenoxy) is 2. The van der Waals surface area contributed by atoms with E-state index in [2.05, 4.69) is 15.4 Å². The first-order valence-electron chi connectivity index (χ1n) is 8.27. The number of carbonyl (C=O) groups is 2. The molecule has 0 saturated heterocycles. The number of benzene rings is 2. The molecule has 0 radical (unpaired) electrons. The maximum atomic E-state index is 12.5. The lowest BCUT2D eigenvalue weighted by Crippen LogP contribution is -2.14. The quantitative estimate of drug-likeness (QED) is 0.719. The third-order valence-corrected chi connectivity index (χ3v) is 3.52. The van der Waals surface area contributed by atoms with Crippen molar-refractivity contribution in [1.82, 2.24) is 0 Å². The van der Waals surface area contributed by atoms with E-state index in [1.807, 2.05) is 6.92 Å². The lowest BCUT2D eigenvalue weighted by molar-refractivity contribution is -0.116. The van der Waals surface area contributed by atoms with Crippen LogP contribution in [0, 0.1) is 0 Å². The van der Waals surface area contributed by atoms with Gasteiger partial charge in [0.2, 0.25) is 5.91 Å². The smallest absolute Gasteiger partial charge is 0.387 e. The molecule has 0 aliphatic heterocycles. The Morgan fingerprint density at radius 2 is 1.74 bits per heavy atom. The molecular formula is C19H20F2N2O4. The molecule has 6 nitrogen and oxygen atoms in total. The number of carbonyl (C=O) groups excluding carboxylic acids is 2. The van der Waals surface area contributed by atoms with E-state index in [1.165, 1.54) is 25.3 Å². The van der Waals surface area contributed by atoms with E-state index in [-0.39, 0.29) is 23.0 Å². The minimum atomic E-state index is -3.04. The molecule has 2 aromatic rings. The summed E-state index contributed by atoms with van der Waals surface area (Å²) in [5.41, 5.74) is 1.11. The normalized spacial score (nSPS) is 10.4. The molecule has 0 atom stereocenters. The van der Waals surface area contributed by atoms with Crippen molar-refractivity contribution in [1.29, 1.82) is 0 Å². The molecule has 2 N–H and O–H groups in total. The molecular weight excluding hydrogens is 358 g/mol. The predicted molar refractivity (Wildman–Crippen MR) is 97.6 cm³/mol. The van der Waals surface area contributed by atoms with E-state index in [4.69, 9.17) is 4.74 Å². The fourth-order valence-corrected chi connectivity index (χ4v) is 2.33. The van der Waals surface area contributed by atoms with E-state index in [0.717, 1.165) is 6.42 Å². The van der Waals surface area contributed by atoms with Crippen LogP contribution in [-0.2, 0) is 4.79 Å². The Morgan fingerprint density at radius 3 is 2.37 bits per heavy atom. The van der Waals surface area contributed by atoms with E-state index >= 15 is 0 Å². The van der Waals surface area contributed by atoms with Crippen LogP contribution >= 0.6 is 0 Å². The summed E-state index contributed by atoms with van der Waals surface area (Å²) in [6.07, 6.45) is 1.12. The van der Waals surface area contributed by atoms with Crippen LogP contribution in [0.25, 0.3) is 0 Å². The average molecular weight is 378 g/mol. The molecule has 0 heterocycles. The van der Waals surface area contributed by atoms with Crippen LogP contribution in [-0.4, -0.2) is 25.5 Å². The summed E-state index contributed by atoms with van der Waals surface area (Å²) in [5, 5.41) is 5.38. The van der Waals surface area contributed by atoms with Gasteiger partial charge in [-0.25, -0.2) is 0 Å². The average Bonchev–Trinajstić information content (AvgIpc) is 2.61. The van der Waals surface area contributed by atoms with Crippen molar-refractivity contribution in [3.63, 3.8) is 0 Å². The molecule has 0 aliphatic carbocycles. The first-order valence-corrected chi connectivity index (χ1v) is 8.27. The van der Waals surface area contributed by atoms with Gasteiger partial charge in [0, 0.05) is 23.4 Å². The van der Waals surface area contributed by atoms with Crippen molar-refractivity contribution in [3.05, 3.63) is 48.0 Å². The molecule has 0 aliphatic rings. The Hall–Kier alpha value is -3.16. The first-order chi connectivity index (χ1) is 12.9. The van der Waals surface area contributed by atoms with Gasteiger partial charge in [-0.15, -0.1) is 0 Å². The predicted octanol–water partition coefficient (Wildman–Crippen LogP) is 4.29. The van der Waals surface area contributed by atoms with Crippen LogP contribution in [0.15, 0.2) is 42.5 Å². The van der Waals surface area contributed by atoms with Crippen molar-refractivity contribution in [3.8, 4) is 11.5 Å². The van der Waals surface area contributed by atoms with Crippen molar-refractivity contribution in [2.24, 2.45) is 0 Å². The van der Waals surface area contributed by atoms with Gasteiger partial charge < -0.3 is 20.1 Å². The molecule has 8 heteroatoms. The Labute approximate surface area is 155 Å². The zero-order valence-electron chi connectivity index (χ0n) is 14.9. The summed E-state index contributed by atoms with van der Waals surface area (Å²) in [5.74, 6) is -0.785. The third kappa shape index (κ3) is 5.95. The minimum absolute atomic E-state index is 0.0903. The van der Waals surface area contributed by atoms with Crippen molar-refractivity contribution >= 4 is 23.2 Å². The second kappa shape index (κ2) is 9.51. The maximum Gasteiger partial charge on any atom is 0.387 e. The second-order valence-corrected chi connectivity index (χ2v) is 5.58. The highest BCUT2D eigenvalue weighted by Gasteiger charge is 2.15. The molecule has 0 aromatic heterocycles. The van der Waals surface area contributed by atoms with Crippen molar-refractivity contribution < 1.29 is 27.8 Å². The number of methoxy groups -OCH3 is 1. The van der Waals surface area contributed by atoms with Gasteiger partial charge in [0.05, 0.1) is 7.11 Å². The lowest BCUT2D eigenvalue weighted by atomic mass is 10.1. The van der Waals surface area contributed by atoms with Crippen LogP contribution in [0.5, 0.6) is 11.5 Å². The van der Waals surface area contributed by atoms with Gasteiger partial charge in [0.25, 0.3) is 5.91 Å². The molecule has 2 rings (SSSR count). The number of rotatable bonds is 8. The fourth-order valence-electron chi connectivity index (χ4n) is 2.33. The summed E-state index contributed by atoms with van der Waals surface area (Å²) in [6, 6.07) is 10.6. The number of hydrogen-bond donors (Lipinski definition) is 2. The van der Waals surface area contributed by atoms with Gasteiger partial charge in [-0.3, -0.25) is 9.59 Å². The Kier molecular flexibility index (Phi) is 7.10. The number of hydrogen-bond acceptors (Lipinski definition) is 4. The minimum Gasteiger partial charge on any atom is -0.493 e. The molecule has 2 aromatic carbocycles. The molecule has 0 spiro atoms. The van der Waals surface area contributed by atoms with E-state index in [9.17, 15) is 18.4 Å². The standard InChI is InChI=1S/C19H20F2N2O4/c1-3-5-17(24)22-13-6-4-7-14(11-13)23-18(25)12-8-9-15(26-2)16(10-12)27-19(20)21/h4,6-11,19H,3,5H2,1-2H3,(H,22,24)(H,23,25). The van der Waals surface area contributed by atoms with Crippen LogP contribution in [0.1, 0.15) is 30.1 Å². The summed E-state index contributed by atoms with van der Waals surface area (Å²) < 4.78 is 34.3. The summed E-state index contributed by atoms with van der Waals surface area (Å²) in [6.45, 7) is -1.14. The molecule has 0 unspecified atom stereocenters. The first kappa shape index (κ1) is 20.2. The highest BCUT2D eigenvalue weighted by atomic mass is 19.3. The van der Waals surface area contributed by atoms with Gasteiger partial charge in [0.1, 0.15) is 0 Å². The summed E-state index contributed by atoms with van der Waals surface area (Å²) in [4.78, 5) is 24.1. The Balaban J connectivity index is 2.14. The van der Waals surface area contributed by atoms with E-state index < -0.39 is 12.5 Å². The number of amides is 2. The molecule has 27 heavy (non-hydrogen) atoms. The Bertz CT molecular complexity index is 812. The topological polar surface area (TPSA) is 76.7 Å². The zero-order valence-corrected chi connectivity index (χ0v) is 14.9. The molecule has 0 saturated carbocycles. The lowest BCUT2D eigenvalue weighted by Gasteiger charge is -2.12. The molecule has 144 valence electrons. The van der Waals surface area contributed by atoms with Gasteiger partial charge in [-0.1, -0.05) is 13.0 Å². The largest absolute Gasteiger partial charge is 0.493 e. The van der Waals surface area contributed by atoms with Crippen LogP contribution in [0.3, 0.4) is 0 Å². The SMILES string of the molecule is CCCC(=O)Nc1cccc(NC(=O)c2ccc(OC)c(OC(F)F)c2)c1. The zero-order chi connectivity index (χ0) is 19.8. The summed E-state index contributed by atoms with van der Waals surface area (Å²) in [7, 11) is 1.31. The van der Waals surface area contributed by atoms with Gasteiger partial charge in [-0.2, -0.15) is 8.78 Å². The molecule has 0 fully saturated rings. The maximum absolute atomic E-state index is 12.5. The number of anilines is 2. The van der Waals surface area contributed by atoms with Gasteiger partial charge >= 0.3 is 6.61 Å². The number of halogens is 2. The number of nitrogens with one attached hydrogen (secondary N) is 2. The van der Waals surface area contributed by atoms with Crippen molar-refractivity contribution in [2.75, 3.05) is 17.7 Å². The monoisotopic (exact) mass is 378 g/mol. The van der Waals surface area contributed by atoms with Crippen molar-refractivity contribution in [2.45, 2.75) is 26.4 Å². The number of alkyl halides is 2. The van der Waals surface area contributed by atoms with E-state index in [1.54, 1.807) is 24.3 Å². The molecule has 0 bridgehead atoms. The van der Waals surface area contributed by atoms with E-state index in [0.29, 0.717) is 17.8 Å². The van der Waals surface area contributed by atoms with Gasteiger partial charge in [-0.05, 0) is 42.8 Å². The Morgan fingerprint density at radius 1 is 1.04 bits per heavy atom. The van der Waals surface area contributed by atoms with Crippen LogP contribution < -0.4 is 20.1 Å². The van der Waals surface area contributed by atoms with Crippen LogP contribution in [0.4, 0.5) is 20.2 Å². The highest BCUT2D eigenvalue weighted by molar-refractivity contribution is 6.05. The highest BCUT2D eigenvalue weighted by Crippen LogP contribution is 2.30. The summed E-state index contributed by atoms with van der Waals surface area (Å²) >= 11 is 0. The molecule has 2 amide bonds. The second-order valence-electron chi connectivity index (χ2n) is 5.58. The van der Waals surface area contributed by atoms with Gasteiger partial charge in [0.15, 0.2) is 11.5 Å². The van der Waals surface area contributed by atoms with Crippen LogP contribution in [0.2, 0.25) is 0 Å². The third-order valence-electron chi connectivity index (χ3n) is 3.52.